The standard InChI is InChI=1S/C26H28N2O6S/c1-17-6-10-22(11-7-17)28-18(2)14-24(19(28)3)25(30)16-34-26(31)15-27(5)35(32,33)23-12-8-21(9-13-23)20(4)29/h6-14H,15-16H2,1-5H3. The number of Topliss-reactive ketones (excluding diaryl/α,β-unsaturated/α-hetero) is 2. The molecule has 0 bridgehead atoms. The monoisotopic (exact) mass is 496 g/mol. The Kier molecular flexibility index (Phi) is 7.72. The Balaban J connectivity index is 1.64. The third-order valence-corrected chi connectivity index (χ3v) is 7.53. The summed E-state index contributed by atoms with van der Waals surface area (Å²) in [5.74, 6) is -1.41. The van der Waals surface area contributed by atoms with Crippen molar-refractivity contribution >= 4 is 27.6 Å². The number of benzene rings is 2. The normalized spacial score (nSPS) is 11.5. The number of nitrogens with zero attached hydrogens (tertiary/aromatic N) is 2. The molecule has 1 heterocycles. The molecule has 9 heteroatoms. The van der Waals surface area contributed by atoms with E-state index in [1.807, 2.05) is 49.6 Å². The highest BCUT2D eigenvalue weighted by Gasteiger charge is 2.25. The van der Waals surface area contributed by atoms with E-state index < -0.39 is 29.1 Å². The minimum atomic E-state index is -3.98. The van der Waals surface area contributed by atoms with E-state index in [2.05, 4.69) is 0 Å². The smallest absolute Gasteiger partial charge is 0.321 e. The number of aryl methyl sites for hydroxylation is 2. The first-order chi connectivity index (χ1) is 16.4. The van der Waals surface area contributed by atoms with Crippen molar-refractivity contribution in [2.75, 3.05) is 20.2 Å². The van der Waals surface area contributed by atoms with Gasteiger partial charge in [-0.05, 0) is 58.0 Å². The van der Waals surface area contributed by atoms with Crippen LogP contribution in [-0.4, -0.2) is 55.0 Å². The zero-order valence-corrected chi connectivity index (χ0v) is 21.2. The van der Waals surface area contributed by atoms with Crippen LogP contribution in [0, 0.1) is 20.8 Å². The van der Waals surface area contributed by atoms with E-state index in [4.69, 9.17) is 4.74 Å². The van der Waals surface area contributed by atoms with Gasteiger partial charge < -0.3 is 9.30 Å². The van der Waals surface area contributed by atoms with Crippen LogP contribution < -0.4 is 0 Å². The molecule has 0 aliphatic rings. The predicted octanol–water partition coefficient (Wildman–Crippen LogP) is 3.65. The Labute approximate surface area is 205 Å². The van der Waals surface area contributed by atoms with Gasteiger partial charge >= 0.3 is 5.97 Å². The van der Waals surface area contributed by atoms with Gasteiger partial charge in [-0.1, -0.05) is 29.8 Å². The summed E-state index contributed by atoms with van der Waals surface area (Å²) in [4.78, 5) is 36.4. The summed E-state index contributed by atoms with van der Waals surface area (Å²) < 4.78 is 33.3. The van der Waals surface area contributed by atoms with Crippen LogP contribution in [0.25, 0.3) is 5.69 Å². The minimum Gasteiger partial charge on any atom is -0.456 e. The molecule has 3 aromatic rings. The second-order valence-corrected chi connectivity index (χ2v) is 10.4. The molecular weight excluding hydrogens is 468 g/mol. The maximum Gasteiger partial charge on any atom is 0.321 e. The number of rotatable bonds is 9. The first kappa shape index (κ1) is 26.1. The van der Waals surface area contributed by atoms with Crippen LogP contribution in [0.15, 0.2) is 59.5 Å². The van der Waals surface area contributed by atoms with Crippen LogP contribution in [0.2, 0.25) is 0 Å². The lowest BCUT2D eigenvalue weighted by Crippen LogP contribution is -2.33. The van der Waals surface area contributed by atoms with Crippen molar-refractivity contribution < 1.29 is 27.5 Å². The molecule has 1 aromatic heterocycles. The number of carbonyl (C=O) groups excluding carboxylic acids is 3. The van der Waals surface area contributed by atoms with Crippen molar-refractivity contribution in [2.24, 2.45) is 0 Å². The van der Waals surface area contributed by atoms with Crippen LogP contribution in [0.4, 0.5) is 0 Å². The van der Waals surface area contributed by atoms with Gasteiger partial charge in [0, 0.05) is 35.2 Å². The number of aromatic nitrogens is 1. The van der Waals surface area contributed by atoms with Gasteiger partial charge in [-0.25, -0.2) is 8.42 Å². The Hall–Kier alpha value is -3.56. The summed E-state index contributed by atoms with van der Waals surface area (Å²) in [7, 11) is -2.73. The average Bonchev–Trinajstić information content (AvgIpc) is 3.12. The van der Waals surface area contributed by atoms with Gasteiger partial charge in [0.05, 0.1) is 4.90 Å². The molecule has 0 N–H and O–H groups in total. The Bertz CT molecular complexity index is 1370. The third-order valence-electron chi connectivity index (χ3n) is 5.71. The average molecular weight is 497 g/mol. The summed E-state index contributed by atoms with van der Waals surface area (Å²) >= 11 is 0. The fourth-order valence-electron chi connectivity index (χ4n) is 3.71. The molecule has 0 spiro atoms. The maximum absolute atomic E-state index is 12.8. The van der Waals surface area contributed by atoms with Crippen molar-refractivity contribution in [1.82, 2.24) is 8.87 Å². The Morgan fingerprint density at radius 2 is 1.54 bits per heavy atom. The maximum atomic E-state index is 12.8. The number of esters is 1. The summed E-state index contributed by atoms with van der Waals surface area (Å²) in [5, 5.41) is 0. The van der Waals surface area contributed by atoms with Crippen LogP contribution in [0.1, 0.15) is 44.6 Å². The largest absolute Gasteiger partial charge is 0.456 e. The molecule has 0 aliphatic carbocycles. The molecule has 8 nitrogen and oxygen atoms in total. The van der Waals surface area contributed by atoms with Crippen molar-refractivity contribution in [3.63, 3.8) is 0 Å². The summed E-state index contributed by atoms with van der Waals surface area (Å²) in [6.07, 6.45) is 0. The van der Waals surface area contributed by atoms with Gasteiger partial charge in [0.15, 0.2) is 12.4 Å². The van der Waals surface area contributed by atoms with Crippen LogP contribution >= 0.6 is 0 Å². The number of hydrogen-bond acceptors (Lipinski definition) is 6. The van der Waals surface area contributed by atoms with Gasteiger partial charge in [-0.15, -0.1) is 0 Å². The molecule has 0 saturated heterocycles. The van der Waals surface area contributed by atoms with Crippen LogP contribution in [-0.2, 0) is 19.6 Å². The second-order valence-electron chi connectivity index (χ2n) is 8.38. The number of likely N-dealkylation sites (N-methyl/N-ethyl adjacent to an activating group) is 1. The lowest BCUT2D eigenvalue weighted by Gasteiger charge is -2.16. The fraction of sp³-hybridized carbons (Fsp3) is 0.269. The topological polar surface area (TPSA) is 103 Å². The molecule has 3 rings (SSSR count). The highest BCUT2D eigenvalue weighted by Crippen LogP contribution is 2.22. The van der Waals surface area contributed by atoms with E-state index in [1.165, 1.54) is 38.2 Å². The van der Waals surface area contributed by atoms with Gasteiger partial charge in [0.2, 0.25) is 15.8 Å². The van der Waals surface area contributed by atoms with E-state index >= 15 is 0 Å². The van der Waals surface area contributed by atoms with Gasteiger partial charge in [0.1, 0.15) is 6.54 Å². The SMILES string of the molecule is CC(=O)c1ccc(S(=O)(=O)N(C)CC(=O)OCC(=O)c2cc(C)n(-c3ccc(C)cc3)c2C)cc1. The molecule has 184 valence electrons. The van der Waals surface area contributed by atoms with Crippen molar-refractivity contribution in [1.29, 1.82) is 0 Å². The Morgan fingerprint density at radius 3 is 2.11 bits per heavy atom. The molecule has 0 amide bonds. The first-order valence-electron chi connectivity index (χ1n) is 10.9. The molecule has 0 fully saturated rings. The number of carbonyl (C=O) groups is 3. The molecule has 0 atom stereocenters. The number of ether oxygens (including phenoxy) is 1. The Morgan fingerprint density at radius 1 is 0.943 bits per heavy atom. The summed E-state index contributed by atoms with van der Waals surface area (Å²) in [6, 6.07) is 15.1. The molecule has 2 aromatic carbocycles. The molecule has 0 aliphatic heterocycles. The molecule has 35 heavy (non-hydrogen) atoms. The van der Waals surface area contributed by atoms with Crippen molar-refractivity contribution in [2.45, 2.75) is 32.6 Å². The zero-order valence-electron chi connectivity index (χ0n) is 20.4. The number of sulfonamides is 1. The van der Waals surface area contributed by atoms with Gasteiger partial charge in [0.25, 0.3) is 0 Å². The molecular formula is C26H28N2O6S. The lowest BCUT2D eigenvalue weighted by molar-refractivity contribution is -0.142. The van der Waals surface area contributed by atoms with Crippen LogP contribution in [0.3, 0.4) is 0 Å². The van der Waals surface area contributed by atoms with Crippen molar-refractivity contribution in [3.8, 4) is 5.69 Å². The second kappa shape index (κ2) is 10.4. The molecule has 0 radical (unpaired) electrons. The first-order valence-corrected chi connectivity index (χ1v) is 12.4. The van der Waals surface area contributed by atoms with Gasteiger partial charge in [-0.2, -0.15) is 4.31 Å². The van der Waals surface area contributed by atoms with Gasteiger partial charge in [-0.3, -0.25) is 14.4 Å². The zero-order chi connectivity index (χ0) is 25.9. The number of ketones is 2. The number of hydrogen-bond donors (Lipinski definition) is 0. The molecule has 0 unspecified atom stereocenters. The highest BCUT2D eigenvalue weighted by atomic mass is 32.2. The van der Waals surface area contributed by atoms with Crippen LogP contribution in [0.5, 0.6) is 0 Å². The molecule has 0 saturated carbocycles. The van der Waals surface area contributed by atoms with E-state index in [-0.39, 0.29) is 16.5 Å². The summed E-state index contributed by atoms with van der Waals surface area (Å²) in [6.45, 7) is 6.02. The van der Waals surface area contributed by atoms with Crippen molar-refractivity contribution in [3.05, 3.63) is 82.7 Å². The highest BCUT2D eigenvalue weighted by molar-refractivity contribution is 7.89. The van der Waals surface area contributed by atoms with E-state index in [1.54, 1.807) is 6.07 Å². The predicted molar refractivity (Wildman–Crippen MR) is 132 cm³/mol. The van der Waals surface area contributed by atoms with E-state index in [0.29, 0.717) is 11.1 Å². The fourth-order valence-corrected chi connectivity index (χ4v) is 4.83. The van der Waals surface area contributed by atoms with E-state index in [9.17, 15) is 22.8 Å². The van der Waals surface area contributed by atoms with E-state index in [0.717, 1.165) is 26.9 Å². The summed E-state index contributed by atoms with van der Waals surface area (Å²) in [5.41, 5.74) is 4.45. The lowest BCUT2D eigenvalue weighted by atomic mass is 10.1. The third kappa shape index (κ3) is 5.75. The minimum absolute atomic E-state index is 0.0579. The quantitative estimate of drug-likeness (QED) is 0.331.